The third kappa shape index (κ3) is 4.34. The molecule has 132 valence electrons. The molecule has 0 radical (unpaired) electrons. The number of nitrogens with one attached hydrogen (secondary N) is 1. The SMILES string of the molecule is C=CCOc1ccccc1C(=O)Nc1ccc(Sc2nccn2C)cc1. The van der Waals surface area contributed by atoms with Gasteiger partial charge in [-0.2, -0.15) is 0 Å². The number of hydrogen-bond acceptors (Lipinski definition) is 4. The van der Waals surface area contributed by atoms with Crippen molar-refractivity contribution in [2.24, 2.45) is 7.05 Å². The van der Waals surface area contributed by atoms with Gasteiger partial charge < -0.3 is 14.6 Å². The molecule has 1 N–H and O–H groups in total. The van der Waals surface area contributed by atoms with Crippen LogP contribution in [0.25, 0.3) is 0 Å². The van der Waals surface area contributed by atoms with Crippen molar-refractivity contribution in [3.05, 3.63) is 79.1 Å². The molecule has 2 aromatic carbocycles. The van der Waals surface area contributed by atoms with E-state index < -0.39 is 0 Å². The molecular weight excluding hydrogens is 346 g/mol. The summed E-state index contributed by atoms with van der Waals surface area (Å²) in [4.78, 5) is 17.9. The summed E-state index contributed by atoms with van der Waals surface area (Å²) in [6, 6.07) is 14.8. The van der Waals surface area contributed by atoms with Crippen molar-refractivity contribution in [1.29, 1.82) is 0 Å². The van der Waals surface area contributed by atoms with Crippen LogP contribution in [0.2, 0.25) is 0 Å². The Balaban J connectivity index is 1.68. The summed E-state index contributed by atoms with van der Waals surface area (Å²) in [6.07, 6.45) is 5.32. The molecule has 3 rings (SSSR count). The van der Waals surface area contributed by atoms with Crippen molar-refractivity contribution in [2.45, 2.75) is 10.1 Å². The summed E-state index contributed by atoms with van der Waals surface area (Å²) >= 11 is 1.57. The van der Waals surface area contributed by atoms with Crippen LogP contribution in [0.1, 0.15) is 10.4 Å². The molecule has 0 aliphatic carbocycles. The van der Waals surface area contributed by atoms with Crippen LogP contribution in [-0.2, 0) is 7.05 Å². The number of aryl methyl sites for hydroxylation is 1. The summed E-state index contributed by atoms with van der Waals surface area (Å²) in [7, 11) is 1.95. The second-order valence-corrected chi connectivity index (χ2v) is 6.54. The number of hydrogen-bond donors (Lipinski definition) is 1. The lowest BCUT2D eigenvalue weighted by Gasteiger charge is -2.11. The maximum atomic E-state index is 12.5. The number of carbonyl (C=O) groups excluding carboxylic acids is 1. The monoisotopic (exact) mass is 365 g/mol. The average molecular weight is 365 g/mol. The molecule has 0 unspecified atom stereocenters. The van der Waals surface area contributed by atoms with Gasteiger partial charge in [-0.3, -0.25) is 4.79 Å². The van der Waals surface area contributed by atoms with Gasteiger partial charge in [-0.15, -0.1) is 0 Å². The van der Waals surface area contributed by atoms with Gasteiger partial charge >= 0.3 is 0 Å². The summed E-state index contributed by atoms with van der Waals surface area (Å²) in [5, 5.41) is 3.81. The van der Waals surface area contributed by atoms with Crippen molar-refractivity contribution in [3.63, 3.8) is 0 Å². The Labute approximate surface area is 156 Å². The van der Waals surface area contributed by atoms with E-state index in [1.54, 1.807) is 36.2 Å². The van der Waals surface area contributed by atoms with Crippen LogP contribution in [0.3, 0.4) is 0 Å². The number of carbonyl (C=O) groups is 1. The van der Waals surface area contributed by atoms with Crippen LogP contribution in [0.5, 0.6) is 5.75 Å². The highest BCUT2D eigenvalue weighted by Gasteiger charge is 2.12. The minimum atomic E-state index is -0.214. The largest absolute Gasteiger partial charge is 0.489 e. The van der Waals surface area contributed by atoms with E-state index in [1.165, 1.54) is 0 Å². The molecule has 0 spiro atoms. The zero-order chi connectivity index (χ0) is 18.4. The predicted octanol–water partition coefficient (Wildman–Crippen LogP) is 4.39. The van der Waals surface area contributed by atoms with Crippen LogP contribution in [0.15, 0.2) is 83.6 Å². The van der Waals surface area contributed by atoms with Crippen molar-refractivity contribution in [2.75, 3.05) is 11.9 Å². The van der Waals surface area contributed by atoms with E-state index in [9.17, 15) is 4.79 Å². The Hall–Kier alpha value is -2.99. The van der Waals surface area contributed by atoms with Gasteiger partial charge in [0.1, 0.15) is 12.4 Å². The molecular formula is C20H19N3O2S. The maximum Gasteiger partial charge on any atom is 0.259 e. The predicted molar refractivity (Wildman–Crippen MR) is 104 cm³/mol. The average Bonchev–Trinajstić information content (AvgIpc) is 3.06. The Morgan fingerprint density at radius 1 is 1.27 bits per heavy atom. The van der Waals surface area contributed by atoms with Crippen LogP contribution in [0, 0.1) is 0 Å². The summed E-state index contributed by atoms with van der Waals surface area (Å²) in [5.74, 6) is 0.320. The van der Waals surface area contributed by atoms with Crippen LogP contribution in [0.4, 0.5) is 5.69 Å². The number of imidazole rings is 1. The fraction of sp³-hybridized carbons (Fsp3) is 0.100. The Morgan fingerprint density at radius 3 is 2.73 bits per heavy atom. The first kappa shape index (κ1) is 17.8. The van der Waals surface area contributed by atoms with Gasteiger partial charge in [0, 0.05) is 30.0 Å². The standard InChI is InChI=1S/C20H19N3O2S/c1-3-14-25-18-7-5-4-6-17(18)19(24)22-15-8-10-16(11-9-15)26-20-21-12-13-23(20)2/h3-13H,1,14H2,2H3,(H,22,24). The number of anilines is 1. The highest BCUT2D eigenvalue weighted by atomic mass is 32.2. The smallest absolute Gasteiger partial charge is 0.259 e. The Bertz CT molecular complexity index is 903. The topological polar surface area (TPSA) is 56.1 Å². The molecule has 1 amide bonds. The number of amides is 1. The molecule has 1 aromatic heterocycles. The fourth-order valence-corrected chi connectivity index (χ4v) is 3.09. The van der Waals surface area contributed by atoms with Gasteiger partial charge in [-0.1, -0.05) is 36.5 Å². The summed E-state index contributed by atoms with van der Waals surface area (Å²) in [5.41, 5.74) is 1.21. The molecule has 3 aromatic rings. The quantitative estimate of drug-likeness (QED) is 0.631. The number of rotatable bonds is 7. The van der Waals surface area contributed by atoms with E-state index in [-0.39, 0.29) is 5.91 Å². The van der Waals surface area contributed by atoms with Gasteiger partial charge in [0.05, 0.1) is 5.56 Å². The number of ether oxygens (including phenoxy) is 1. The molecule has 5 nitrogen and oxygen atoms in total. The number of aromatic nitrogens is 2. The highest BCUT2D eigenvalue weighted by Crippen LogP contribution is 2.27. The third-order valence-electron chi connectivity index (χ3n) is 3.59. The first-order valence-electron chi connectivity index (χ1n) is 8.06. The first-order chi connectivity index (χ1) is 12.7. The Morgan fingerprint density at radius 2 is 2.04 bits per heavy atom. The van der Waals surface area contributed by atoms with Gasteiger partial charge in [0.25, 0.3) is 5.91 Å². The summed E-state index contributed by atoms with van der Waals surface area (Å²) in [6.45, 7) is 3.98. The zero-order valence-corrected chi connectivity index (χ0v) is 15.2. The molecule has 0 saturated heterocycles. The fourth-order valence-electron chi connectivity index (χ4n) is 2.29. The van der Waals surface area contributed by atoms with Crippen molar-refractivity contribution in [3.8, 4) is 5.75 Å². The number of nitrogens with zero attached hydrogens (tertiary/aromatic N) is 2. The molecule has 0 aliphatic heterocycles. The van der Waals surface area contributed by atoms with Crippen molar-refractivity contribution >= 4 is 23.4 Å². The minimum Gasteiger partial charge on any atom is -0.489 e. The molecule has 0 bridgehead atoms. The van der Waals surface area contributed by atoms with E-state index in [0.717, 1.165) is 15.7 Å². The van der Waals surface area contributed by atoms with E-state index in [0.29, 0.717) is 17.9 Å². The minimum absolute atomic E-state index is 0.214. The maximum absolute atomic E-state index is 12.5. The van der Waals surface area contributed by atoms with Gasteiger partial charge in [0.15, 0.2) is 5.16 Å². The summed E-state index contributed by atoms with van der Waals surface area (Å²) < 4.78 is 7.50. The van der Waals surface area contributed by atoms with E-state index in [4.69, 9.17) is 4.74 Å². The molecule has 0 saturated carbocycles. The molecule has 26 heavy (non-hydrogen) atoms. The van der Waals surface area contributed by atoms with Crippen molar-refractivity contribution in [1.82, 2.24) is 9.55 Å². The number of para-hydroxylation sites is 1. The van der Waals surface area contributed by atoms with Gasteiger partial charge in [0.2, 0.25) is 0 Å². The Kier molecular flexibility index (Phi) is 5.76. The second-order valence-electron chi connectivity index (χ2n) is 5.50. The van der Waals surface area contributed by atoms with Crippen LogP contribution in [-0.4, -0.2) is 22.1 Å². The third-order valence-corrected chi connectivity index (χ3v) is 4.67. The molecule has 6 heteroatoms. The molecule has 1 heterocycles. The van der Waals surface area contributed by atoms with E-state index >= 15 is 0 Å². The molecule has 0 fully saturated rings. The van der Waals surface area contributed by atoms with Crippen molar-refractivity contribution < 1.29 is 9.53 Å². The van der Waals surface area contributed by atoms with E-state index in [1.807, 2.05) is 54.2 Å². The lowest BCUT2D eigenvalue weighted by Crippen LogP contribution is -2.13. The molecule has 0 aliphatic rings. The van der Waals surface area contributed by atoms with E-state index in [2.05, 4.69) is 16.9 Å². The van der Waals surface area contributed by atoms with Gasteiger partial charge in [-0.25, -0.2) is 4.98 Å². The molecule has 0 atom stereocenters. The highest BCUT2D eigenvalue weighted by molar-refractivity contribution is 7.99. The van der Waals surface area contributed by atoms with Crippen LogP contribution < -0.4 is 10.1 Å². The normalized spacial score (nSPS) is 10.3. The van der Waals surface area contributed by atoms with Gasteiger partial charge in [-0.05, 0) is 36.4 Å². The first-order valence-corrected chi connectivity index (χ1v) is 8.88. The zero-order valence-electron chi connectivity index (χ0n) is 14.4. The second kappa shape index (κ2) is 8.40. The van der Waals surface area contributed by atoms with Crippen LogP contribution >= 0.6 is 11.8 Å². The lowest BCUT2D eigenvalue weighted by atomic mass is 10.2. The lowest BCUT2D eigenvalue weighted by molar-refractivity contribution is 0.102. The number of benzene rings is 2.